The maximum absolute atomic E-state index is 11.3. The number of carboxylic acid groups (broad SMARTS) is 1. The highest BCUT2D eigenvalue weighted by molar-refractivity contribution is 7.89. The van der Waals surface area contributed by atoms with Gasteiger partial charge in [0.1, 0.15) is 6.54 Å². The van der Waals surface area contributed by atoms with E-state index >= 15 is 0 Å². The third-order valence-corrected chi connectivity index (χ3v) is 3.42. The summed E-state index contributed by atoms with van der Waals surface area (Å²) in [5.41, 5.74) is 0. The molecule has 0 saturated heterocycles. The summed E-state index contributed by atoms with van der Waals surface area (Å²) in [6.45, 7) is -0.622. The summed E-state index contributed by atoms with van der Waals surface area (Å²) in [4.78, 5) is 20.9. The van der Waals surface area contributed by atoms with Crippen molar-refractivity contribution in [3.63, 3.8) is 0 Å². The summed E-state index contributed by atoms with van der Waals surface area (Å²) in [5, 5.41) is 8.37. The molecule has 0 amide bonds. The van der Waals surface area contributed by atoms with E-state index in [2.05, 4.69) is 4.74 Å². The van der Waals surface area contributed by atoms with Crippen LogP contribution in [0.4, 0.5) is 0 Å². The minimum atomic E-state index is -3.71. The van der Waals surface area contributed by atoms with Crippen molar-refractivity contribution in [3.8, 4) is 0 Å². The van der Waals surface area contributed by atoms with Gasteiger partial charge in [0.15, 0.2) is 0 Å². The molecule has 15 heavy (non-hydrogen) atoms. The van der Waals surface area contributed by atoms with Crippen LogP contribution in [0.15, 0.2) is 0 Å². The third kappa shape index (κ3) is 5.33. The van der Waals surface area contributed by atoms with Crippen molar-refractivity contribution in [2.24, 2.45) is 0 Å². The van der Waals surface area contributed by atoms with E-state index in [1.165, 1.54) is 0 Å². The number of aliphatic carboxylic acids is 1. The molecule has 0 atom stereocenters. The summed E-state index contributed by atoms with van der Waals surface area (Å²) < 4.78 is 27.6. The molecular formula is C7H13NO6S. The summed E-state index contributed by atoms with van der Waals surface area (Å²) in [6.07, 6.45) is -0.289. The van der Waals surface area contributed by atoms with Gasteiger partial charge in [-0.1, -0.05) is 0 Å². The van der Waals surface area contributed by atoms with E-state index in [4.69, 9.17) is 5.11 Å². The molecule has 0 bridgehead atoms. The number of nitrogens with zero attached hydrogens (tertiary/aromatic N) is 1. The van der Waals surface area contributed by atoms with E-state index in [1.54, 1.807) is 0 Å². The van der Waals surface area contributed by atoms with Gasteiger partial charge < -0.3 is 9.84 Å². The number of methoxy groups -OCH3 is 1. The van der Waals surface area contributed by atoms with Crippen molar-refractivity contribution in [1.29, 1.82) is 0 Å². The molecular weight excluding hydrogens is 226 g/mol. The van der Waals surface area contributed by atoms with Crippen LogP contribution < -0.4 is 0 Å². The highest BCUT2D eigenvalue weighted by Gasteiger charge is 2.21. The van der Waals surface area contributed by atoms with E-state index in [0.29, 0.717) is 4.31 Å². The second-order valence-electron chi connectivity index (χ2n) is 2.79. The van der Waals surface area contributed by atoms with Gasteiger partial charge in [0.25, 0.3) is 0 Å². The molecule has 0 aliphatic carbocycles. The van der Waals surface area contributed by atoms with Crippen LogP contribution in [0.2, 0.25) is 0 Å². The third-order valence-electron chi connectivity index (χ3n) is 1.62. The lowest BCUT2D eigenvalue weighted by molar-refractivity contribution is -0.140. The Kier molecular flexibility index (Phi) is 5.23. The lowest BCUT2D eigenvalue weighted by Crippen LogP contribution is -2.34. The molecule has 1 N–H and O–H groups in total. The SMILES string of the molecule is COC(=O)CCS(=O)(=O)N(C)CC(=O)O. The van der Waals surface area contributed by atoms with Gasteiger partial charge in [-0.15, -0.1) is 0 Å². The maximum atomic E-state index is 11.3. The summed E-state index contributed by atoms with van der Waals surface area (Å²) in [6, 6.07) is 0. The van der Waals surface area contributed by atoms with Crippen LogP contribution in [0.25, 0.3) is 0 Å². The number of esters is 1. The van der Waals surface area contributed by atoms with E-state index in [1.807, 2.05) is 0 Å². The van der Waals surface area contributed by atoms with Gasteiger partial charge in [-0.05, 0) is 0 Å². The molecule has 0 fully saturated rings. The fourth-order valence-electron chi connectivity index (χ4n) is 0.759. The molecule has 8 heteroatoms. The van der Waals surface area contributed by atoms with Crippen LogP contribution in [0, 0.1) is 0 Å². The number of carboxylic acids is 1. The first-order chi connectivity index (χ1) is 6.79. The van der Waals surface area contributed by atoms with Crippen LogP contribution in [-0.2, 0) is 24.3 Å². The number of hydrogen-bond acceptors (Lipinski definition) is 5. The molecule has 0 aromatic heterocycles. The second kappa shape index (κ2) is 5.66. The average Bonchev–Trinajstić information content (AvgIpc) is 2.13. The zero-order valence-electron chi connectivity index (χ0n) is 8.47. The topological polar surface area (TPSA) is 101 Å². The number of carbonyl (C=O) groups is 2. The first-order valence-electron chi connectivity index (χ1n) is 4.02. The average molecular weight is 239 g/mol. The lowest BCUT2D eigenvalue weighted by atomic mass is 10.5. The predicted molar refractivity (Wildman–Crippen MR) is 50.7 cm³/mol. The van der Waals surface area contributed by atoms with Gasteiger partial charge in [-0.25, -0.2) is 8.42 Å². The Hall–Kier alpha value is -1.15. The van der Waals surface area contributed by atoms with E-state index < -0.39 is 34.3 Å². The quantitative estimate of drug-likeness (QED) is 0.590. The van der Waals surface area contributed by atoms with Crippen LogP contribution in [0.3, 0.4) is 0 Å². The molecule has 0 aromatic rings. The van der Waals surface area contributed by atoms with Crippen molar-refractivity contribution in [2.75, 3.05) is 26.5 Å². The number of sulfonamides is 1. The molecule has 7 nitrogen and oxygen atoms in total. The van der Waals surface area contributed by atoms with Gasteiger partial charge in [-0.3, -0.25) is 9.59 Å². The zero-order chi connectivity index (χ0) is 12.1. The van der Waals surface area contributed by atoms with E-state index in [0.717, 1.165) is 14.2 Å². The molecule has 0 heterocycles. The Bertz CT molecular complexity index is 335. The van der Waals surface area contributed by atoms with E-state index in [9.17, 15) is 18.0 Å². The summed E-state index contributed by atoms with van der Waals surface area (Å²) in [7, 11) is -1.42. The Labute approximate surface area is 87.7 Å². The Morgan fingerprint density at radius 3 is 2.33 bits per heavy atom. The number of likely N-dealkylation sites (N-methyl/N-ethyl adjacent to an activating group) is 1. The Morgan fingerprint density at radius 1 is 1.40 bits per heavy atom. The minimum absolute atomic E-state index is 0.289. The van der Waals surface area contributed by atoms with Crippen molar-refractivity contribution in [1.82, 2.24) is 4.31 Å². The molecule has 88 valence electrons. The number of rotatable bonds is 6. The normalized spacial score (nSPS) is 11.4. The standard InChI is InChI=1S/C7H13NO6S/c1-8(5-6(9)10)15(12,13)4-3-7(11)14-2/h3-5H2,1-2H3,(H,9,10). The molecule has 0 aliphatic heterocycles. The zero-order valence-corrected chi connectivity index (χ0v) is 9.28. The highest BCUT2D eigenvalue weighted by Crippen LogP contribution is 2.00. The smallest absolute Gasteiger partial charge is 0.318 e. The number of carbonyl (C=O) groups excluding carboxylic acids is 1. The predicted octanol–water partition coefficient (Wildman–Crippen LogP) is -1.10. The van der Waals surface area contributed by atoms with Gasteiger partial charge in [0.2, 0.25) is 10.0 Å². The van der Waals surface area contributed by atoms with Gasteiger partial charge in [0, 0.05) is 7.05 Å². The fraction of sp³-hybridized carbons (Fsp3) is 0.714. The molecule has 0 aliphatic rings. The summed E-state index contributed by atoms with van der Waals surface area (Å²) >= 11 is 0. The summed E-state index contributed by atoms with van der Waals surface area (Å²) in [5.74, 6) is -2.36. The van der Waals surface area contributed by atoms with Crippen molar-refractivity contribution in [2.45, 2.75) is 6.42 Å². The van der Waals surface area contributed by atoms with Crippen molar-refractivity contribution >= 4 is 22.0 Å². The molecule has 0 rings (SSSR count). The first-order valence-corrected chi connectivity index (χ1v) is 5.63. The minimum Gasteiger partial charge on any atom is -0.480 e. The van der Waals surface area contributed by atoms with Crippen LogP contribution in [-0.4, -0.2) is 56.2 Å². The Morgan fingerprint density at radius 2 is 1.93 bits per heavy atom. The van der Waals surface area contributed by atoms with Crippen molar-refractivity contribution in [3.05, 3.63) is 0 Å². The first kappa shape index (κ1) is 13.8. The van der Waals surface area contributed by atoms with Crippen LogP contribution >= 0.6 is 0 Å². The maximum Gasteiger partial charge on any atom is 0.318 e. The van der Waals surface area contributed by atoms with Crippen LogP contribution in [0.5, 0.6) is 0 Å². The molecule has 0 aromatic carbocycles. The van der Waals surface area contributed by atoms with Gasteiger partial charge in [0.05, 0.1) is 19.3 Å². The number of ether oxygens (including phenoxy) is 1. The molecule has 0 spiro atoms. The van der Waals surface area contributed by atoms with Crippen LogP contribution in [0.1, 0.15) is 6.42 Å². The molecule has 0 unspecified atom stereocenters. The number of hydrogen-bond donors (Lipinski definition) is 1. The fourth-order valence-corrected chi connectivity index (χ4v) is 1.80. The van der Waals surface area contributed by atoms with Crippen molar-refractivity contribution < 1.29 is 27.9 Å². The lowest BCUT2D eigenvalue weighted by Gasteiger charge is -2.13. The largest absolute Gasteiger partial charge is 0.480 e. The Balaban J connectivity index is 4.29. The molecule has 0 radical (unpaired) electrons. The van der Waals surface area contributed by atoms with Gasteiger partial charge >= 0.3 is 11.9 Å². The monoisotopic (exact) mass is 239 g/mol. The highest BCUT2D eigenvalue weighted by atomic mass is 32.2. The molecule has 0 saturated carbocycles. The van der Waals surface area contributed by atoms with E-state index in [-0.39, 0.29) is 6.42 Å². The van der Waals surface area contributed by atoms with Gasteiger partial charge in [-0.2, -0.15) is 4.31 Å². The second-order valence-corrected chi connectivity index (χ2v) is 4.99.